The zero-order valence-corrected chi connectivity index (χ0v) is 13.4. The van der Waals surface area contributed by atoms with Crippen molar-refractivity contribution in [1.82, 2.24) is 0 Å². The van der Waals surface area contributed by atoms with E-state index in [0.29, 0.717) is 29.1 Å². The number of carbonyl (C=O) groups excluding carboxylic acids is 2. The van der Waals surface area contributed by atoms with Crippen molar-refractivity contribution in [2.24, 2.45) is 11.5 Å². The Labute approximate surface area is 140 Å². The van der Waals surface area contributed by atoms with E-state index >= 15 is 0 Å². The predicted molar refractivity (Wildman–Crippen MR) is 91.8 cm³/mol. The maximum atomic E-state index is 11.7. The summed E-state index contributed by atoms with van der Waals surface area (Å²) in [6, 6.07) is 12.1. The zero-order chi connectivity index (χ0) is 16.8. The van der Waals surface area contributed by atoms with Gasteiger partial charge < -0.3 is 16.2 Å². The van der Waals surface area contributed by atoms with E-state index in [2.05, 4.69) is 12.6 Å². The van der Waals surface area contributed by atoms with Crippen LogP contribution in [0.1, 0.15) is 31.8 Å². The van der Waals surface area contributed by atoms with Gasteiger partial charge in [-0.3, -0.25) is 9.59 Å². The maximum Gasteiger partial charge on any atom is 0.252 e. The summed E-state index contributed by atoms with van der Waals surface area (Å²) in [7, 11) is 0. The third-order valence-electron chi connectivity index (χ3n) is 3.37. The molecule has 2 amide bonds. The lowest BCUT2D eigenvalue weighted by Crippen LogP contribution is -2.16. The standard InChI is InChI=1S/C17H18N2O3S/c18-16(20)13-6-4-11(5-7-13)10-22-14-3-1-2-12(8-9-23)15(14)17(19)21/h1-7,23H,8-10H2,(H2,18,20)(H2,19,21). The number of aryl methyl sites for hydroxylation is 1. The molecule has 0 spiro atoms. The van der Waals surface area contributed by atoms with E-state index in [9.17, 15) is 9.59 Å². The summed E-state index contributed by atoms with van der Waals surface area (Å²) >= 11 is 4.19. The Kier molecular flexibility index (Phi) is 5.65. The number of nitrogens with two attached hydrogens (primary N) is 2. The summed E-state index contributed by atoms with van der Waals surface area (Å²) in [6.45, 7) is 0.254. The van der Waals surface area contributed by atoms with Gasteiger partial charge in [-0.1, -0.05) is 24.3 Å². The molecular formula is C17H18N2O3S. The minimum atomic E-state index is -0.526. The summed E-state index contributed by atoms with van der Waals surface area (Å²) < 4.78 is 5.73. The van der Waals surface area contributed by atoms with Crippen LogP contribution in [0.5, 0.6) is 5.75 Å². The van der Waals surface area contributed by atoms with E-state index in [0.717, 1.165) is 11.1 Å². The van der Waals surface area contributed by atoms with E-state index in [1.54, 1.807) is 30.3 Å². The van der Waals surface area contributed by atoms with Gasteiger partial charge in [0, 0.05) is 5.56 Å². The van der Waals surface area contributed by atoms with Gasteiger partial charge in [0.15, 0.2) is 0 Å². The lowest BCUT2D eigenvalue weighted by Gasteiger charge is -2.13. The molecule has 4 N–H and O–H groups in total. The first-order chi connectivity index (χ1) is 11.0. The number of amides is 2. The number of hydrogen-bond acceptors (Lipinski definition) is 4. The molecule has 2 rings (SSSR count). The Morgan fingerprint density at radius 1 is 1.00 bits per heavy atom. The summed E-state index contributed by atoms with van der Waals surface area (Å²) in [6.07, 6.45) is 0.631. The Hall–Kier alpha value is -2.47. The van der Waals surface area contributed by atoms with E-state index in [4.69, 9.17) is 16.2 Å². The van der Waals surface area contributed by atoms with Gasteiger partial charge in [-0.2, -0.15) is 12.6 Å². The van der Waals surface area contributed by atoms with Crippen LogP contribution < -0.4 is 16.2 Å². The van der Waals surface area contributed by atoms with Gasteiger partial charge in [-0.05, 0) is 41.5 Å². The van der Waals surface area contributed by atoms with Crippen LogP contribution in [0, 0.1) is 0 Å². The Balaban J connectivity index is 2.18. The quantitative estimate of drug-likeness (QED) is 0.677. The molecule has 0 bridgehead atoms. The number of carbonyl (C=O) groups is 2. The predicted octanol–water partition coefficient (Wildman–Crippen LogP) is 1.94. The van der Waals surface area contributed by atoms with Gasteiger partial charge in [0.05, 0.1) is 5.56 Å². The monoisotopic (exact) mass is 330 g/mol. The topological polar surface area (TPSA) is 95.4 Å². The second-order valence-corrected chi connectivity index (χ2v) is 5.43. The van der Waals surface area contributed by atoms with Crippen LogP contribution in [-0.2, 0) is 13.0 Å². The number of hydrogen-bond donors (Lipinski definition) is 3. The van der Waals surface area contributed by atoms with Crippen LogP contribution in [0.2, 0.25) is 0 Å². The average molecular weight is 330 g/mol. The van der Waals surface area contributed by atoms with Crippen molar-refractivity contribution >= 4 is 24.4 Å². The number of ether oxygens (including phenoxy) is 1. The highest BCUT2D eigenvalue weighted by molar-refractivity contribution is 7.80. The Bertz CT molecular complexity index is 714. The summed E-state index contributed by atoms with van der Waals surface area (Å²) in [4.78, 5) is 22.8. The Morgan fingerprint density at radius 2 is 1.70 bits per heavy atom. The SMILES string of the molecule is NC(=O)c1ccc(COc2cccc(CCS)c2C(N)=O)cc1. The largest absolute Gasteiger partial charge is 0.488 e. The van der Waals surface area contributed by atoms with Crippen molar-refractivity contribution in [2.45, 2.75) is 13.0 Å². The van der Waals surface area contributed by atoms with Gasteiger partial charge in [0.1, 0.15) is 12.4 Å². The number of thiol groups is 1. The minimum absolute atomic E-state index is 0.254. The van der Waals surface area contributed by atoms with E-state index < -0.39 is 11.8 Å². The molecule has 0 aliphatic carbocycles. The molecule has 0 radical (unpaired) electrons. The van der Waals surface area contributed by atoms with Crippen LogP contribution in [0.4, 0.5) is 0 Å². The van der Waals surface area contributed by atoms with Gasteiger partial charge in [0.2, 0.25) is 5.91 Å². The van der Waals surface area contributed by atoms with Crippen molar-refractivity contribution in [3.63, 3.8) is 0 Å². The summed E-state index contributed by atoms with van der Waals surface area (Å²) in [5.41, 5.74) is 13.2. The number of rotatable bonds is 7. The maximum absolute atomic E-state index is 11.7. The molecule has 0 fully saturated rings. The van der Waals surface area contributed by atoms with Crippen molar-refractivity contribution < 1.29 is 14.3 Å². The fourth-order valence-electron chi connectivity index (χ4n) is 2.23. The third-order valence-corrected chi connectivity index (χ3v) is 3.60. The first-order valence-corrected chi connectivity index (χ1v) is 7.70. The fraction of sp³-hybridized carbons (Fsp3) is 0.176. The number of benzene rings is 2. The highest BCUT2D eigenvalue weighted by Crippen LogP contribution is 2.24. The molecule has 0 aliphatic heterocycles. The van der Waals surface area contributed by atoms with Crippen LogP contribution in [0.15, 0.2) is 42.5 Å². The van der Waals surface area contributed by atoms with Gasteiger partial charge >= 0.3 is 0 Å². The van der Waals surface area contributed by atoms with Crippen LogP contribution in [0.25, 0.3) is 0 Å². The van der Waals surface area contributed by atoms with Crippen LogP contribution in [0.3, 0.4) is 0 Å². The fourth-order valence-corrected chi connectivity index (χ4v) is 2.47. The lowest BCUT2D eigenvalue weighted by molar-refractivity contribution is 0.0988. The lowest BCUT2D eigenvalue weighted by atomic mass is 10.0. The van der Waals surface area contributed by atoms with Gasteiger partial charge in [-0.25, -0.2) is 0 Å². The zero-order valence-electron chi connectivity index (χ0n) is 12.5. The highest BCUT2D eigenvalue weighted by Gasteiger charge is 2.14. The molecule has 0 atom stereocenters. The first-order valence-electron chi connectivity index (χ1n) is 7.07. The van der Waals surface area contributed by atoms with Crippen molar-refractivity contribution in [3.8, 4) is 5.75 Å². The van der Waals surface area contributed by atoms with Crippen LogP contribution >= 0.6 is 12.6 Å². The van der Waals surface area contributed by atoms with Crippen molar-refractivity contribution in [3.05, 3.63) is 64.7 Å². The molecule has 23 heavy (non-hydrogen) atoms. The molecule has 6 heteroatoms. The molecule has 5 nitrogen and oxygen atoms in total. The van der Waals surface area contributed by atoms with Gasteiger partial charge in [0.25, 0.3) is 5.91 Å². The minimum Gasteiger partial charge on any atom is -0.488 e. The average Bonchev–Trinajstić information content (AvgIpc) is 2.53. The number of primary amides is 2. The van der Waals surface area contributed by atoms with E-state index in [1.165, 1.54) is 0 Å². The molecule has 2 aromatic carbocycles. The second kappa shape index (κ2) is 7.69. The van der Waals surface area contributed by atoms with E-state index in [1.807, 2.05) is 12.1 Å². The Morgan fingerprint density at radius 3 is 2.26 bits per heavy atom. The molecule has 120 valence electrons. The second-order valence-electron chi connectivity index (χ2n) is 4.98. The molecular weight excluding hydrogens is 312 g/mol. The highest BCUT2D eigenvalue weighted by atomic mass is 32.1. The summed E-state index contributed by atoms with van der Waals surface area (Å²) in [5, 5.41) is 0. The van der Waals surface area contributed by atoms with Crippen molar-refractivity contribution in [1.29, 1.82) is 0 Å². The van der Waals surface area contributed by atoms with Crippen LogP contribution in [-0.4, -0.2) is 17.6 Å². The van der Waals surface area contributed by atoms with E-state index in [-0.39, 0.29) is 6.61 Å². The molecule has 0 saturated heterocycles. The molecule has 0 aliphatic rings. The molecule has 0 aromatic heterocycles. The van der Waals surface area contributed by atoms with Crippen molar-refractivity contribution in [2.75, 3.05) is 5.75 Å². The summed E-state index contributed by atoms with van der Waals surface area (Å²) in [5.74, 6) is 0.0448. The molecule has 0 saturated carbocycles. The molecule has 0 heterocycles. The normalized spacial score (nSPS) is 10.3. The smallest absolute Gasteiger partial charge is 0.252 e. The first kappa shape index (κ1) is 16.9. The third kappa shape index (κ3) is 4.26. The molecule has 0 unspecified atom stereocenters. The molecule has 2 aromatic rings. The van der Waals surface area contributed by atoms with Gasteiger partial charge in [-0.15, -0.1) is 0 Å².